The monoisotopic (exact) mass is 251 g/mol. The number of nitrogens with two attached hydrogens (primary N) is 1. The summed E-state index contributed by atoms with van der Waals surface area (Å²) in [5.74, 6) is 0.0370. The number of para-hydroxylation sites is 1. The summed E-state index contributed by atoms with van der Waals surface area (Å²) in [6.45, 7) is 0.977. The van der Waals surface area contributed by atoms with E-state index in [0.717, 1.165) is 4.90 Å². The summed E-state index contributed by atoms with van der Waals surface area (Å²) in [7, 11) is 0. The van der Waals surface area contributed by atoms with Gasteiger partial charge >= 0.3 is 6.03 Å². The van der Waals surface area contributed by atoms with Crippen LogP contribution in [0.2, 0.25) is 0 Å². The lowest BCUT2D eigenvalue weighted by molar-refractivity contribution is -0.124. The molecule has 0 aliphatic carbocycles. The molecule has 2 rings (SSSR count). The summed E-state index contributed by atoms with van der Waals surface area (Å²) in [5.41, 5.74) is 6.41. The molecule has 1 aromatic rings. The summed E-state index contributed by atoms with van der Waals surface area (Å²) < 4.78 is 0. The molecule has 17 heavy (non-hydrogen) atoms. The molecule has 1 heterocycles. The highest BCUT2D eigenvalue weighted by molar-refractivity contribution is 8.00. The fourth-order valence-electron chi connectivity index (χ4n) is 1.54. The van der Waals surface area contributed by atoms with E-state index in [2.05, 4.69) is 5.32 Å². The first-order valence-corrected chi connectivity index (χ1v) is 6.22. The van der Waals surface area contributed by atoms with E-state index in [4.69, 9.17) is 5.73 Å². The van der Waals surface area contributed by atoms with E-state index in [0.29, 0.717) is 18.8 Å². The molecule has 6 heteroatoms. The second kappa shape index (κ2) is 5.09. The lowest BCUT2D eigenvalue weighted by atomic mass is 10.3. The van der Waals surface area contributed by atoms with Gasteiger partial charge in [0, 0.05) is 23.7 Å². The predicted octanol–water partition coefficient (Wildman–Crippen LogP) is 0.913. The van der Waals surface area contributed by atoms with Gasteiger partial charge in [-0.05, 0) is 12.1 Å². The largest absolute Gasteiger partial charge is 0.398 e. The van der Waals surface area contributed by atoms with Crippen LogP contribution in [0.25, 0.3) is 0 Å². The maximum atomic E-state index is 11.7. The summed E-state index contributed by atoms with van der Waals surface area (Å²) in [4.78, 5) is 25.1. The van der Waals surface area contributed by atoms with Crippen LogP contribution < -0.4 is 11.1 Å². The van der Waals surface area contributed by atoms with E-state index in [1.165, 1.54) is 16.7 Å². The molecule has 5 nitrogen and oxygen atoms in total. The zero-order chi connectivity index (χ0) is 12.3. The number of nitrogens with zero attached hydrogens (tertiary/aromatic N) is 1. The molecule has 3 N–H and O–H groups in total. The van der Waals surface area contributed by atoms with Gasteiger partial charge in [0.15, 0.2) is 0 Å². The fourth-order valence-corrected chi connectivity index (χ4v) is 2.38. The van der Waals surface area contributed by atoms with Crippen LogP contribution in [0.4, 0.5) is 10.5 Å². The van der Waals surface area contributed by atoms with E-state index < -0.39 is 0 Å². The van der Waals surface area contributed by atoms with E-state index in [1.54, 1.807) is 6.07 Å². The molecule has 0 saturated carbocycles. The Morgan fingerprint density at radius 2 is 2.24 bits per heavy atom. The quantitative estimate of drug-likeness (QED) is 0.618. The number of nitrogen functional groups attached to an aromatic ring is 1. The van der Waals surface area contributed by atoms with Crippen molar-refractivity contribution in [3.63, 3.8) is 0 Å². The number of rotatable bonds is 3. The van der Waals surface area contributed by atoms with Crippen molar-refractivity contribution in [2.75, 3.05) is 24.6 Å². The first-order chi connectivity index (χ1) is 8.18. The molecule has 0 bridgehead atoms. The van der Waals surface area contributed by atoms with Gasteiger partial charge in [0.1, 0.15) is 0 Å². The Morgan fingerprint density at radius 3 is 2.88 bits per heavy atom. The first-order valence-electron chi connectivity index (χ1n) is 5.24. The molecule has 1 fully saturated rings. The molecule has 1 saturated heterocycles. The third-order valence-electron chi connectivity index (χ3n) is 2.43. The third kappa shape index (κ3) is 2.71. The van der Waals surface area contributed by atoms with E-state index in [-0.39, 0.29) is 17.7 Å². The van der Waals surface area contributed by atoms with Crippen molar-refractivity contribution in [1.29, 1.82) is 0 Å². The number of carbonyl (C=O) groups is 2. The van der Waals surface area contributed by atoms with Crippen LogP contribution in [0.5, 0.6) is 0 Å². The number of imide groups is 1. The second-order valence-corrected chi connectivity index (χ2v) is 4.62. The maximum Gasteiger partial charge on any atom is 0.324 e. The zero-order valence-electron chi connectivity index (χ0n) is 9.18. The standard InChI is InChI=1S/C11H13N3O2S/c12-8-3-1-2-4-9(8)17-7-10(15)14-6-5-13-11(14)16/h1-4H,5-7,12H2,(H,13,16). The summed E-state index contributed by atoms with van der Waals surface area (Å²) in [5, 5.41) is 2.59. The number of amides is 3. The van der Waals surface area contributed by atoms with Crippen LogP contribution in [0, 0.1) is 0 Å². The van der Waals surface area contributed by atoms with E-state index in [9.17, 15) is 9.59 Å². The molecule has 90 valence electrons. The van der Waals surface area contributed by atoms with Crippen molar-refractivity contribution in [2.24, 2.45) is 0 Å². The number of nitrogens with one attached hydrogen (secondary N) is 1. The van der Waals surface area contributed by atoms with Gasteiger partial charge in [-0.15, -0.1) is 11.8 Å². The van der Waals surface area contributed by atoms with Gasteiger partial charge in [-0.3, -0.25) is 9.69 Å². The molecule has 1 aromatic carbocycles. The summed E-state index contributed by atoms with van der Waals surface area (Å²) >= 11 is 1.35. The minimum absolute atomic E-state index is 0.187. The fraction of sp³-hybridized carbons (Fsp3) is 0.273. The zero-order valence-corrected chi connectivity index (χ0v) is 10.00. The smallest absolute Gasteiger partial charge is 0.324 e. The average Bonchev–Trinajstić information content (AvgIpc) is 2.74. The van der Waals surface area contributed by atoms with Crippen molar-refractivity contribution >= 4 is 29.4 Å². The highest BCUT2D eigenvalue weighted by Crippen LogP contribution is 2.24. The highest BCUT2D eigenvalue weighted by atomic mass is 32.2. The molecule has 1 aliphatic rings. The first kappa shape index (κ1) is 11.8. The molecule has 0 atom stereocenters. The molecule has 0 spiro atoms. The number of benzene rings is 1. The normalized spacial score (nSPS) is 14.8. The van der Waals surface area contributed by atoms with Crippen molar-refractivity contribution in [3.05, 3.63) is 24.3 Å². The Kier molecular flexibility index (Phi) is 3.53. The lowest BCUT2D eigenvalue weighted by Gasteiger charge is -2.12. The van der Waals surface area contributed by atoms with Gasteiger partial charge in [-0.1, -0.05) is 12.1 Å². The van der Waals surface area contributed by atoms with Crippen LogP contribution >= 0.6 is 11.8 Å². The minimum atomic E-state index is -0.309. The SMILES string of the molecule is Nc1ccccc1SCC(=O)N1CCNC1=O. The van der Waals surface area contributed by atoms with Gasteiger partial charge in [0.05, 0.1) is 5.75 Å². The minimum Gasteiger partial charge on any atom is -0.398 e. The molecular formula is C11H13N3O2S. The average molecular weight is 251 g/mol. The Balaban J connectivity index is 1.92. The number of hydrogen-bond donors (Lipinski definition) is 2. The van der Waals surface area contributed by atoms with Crippen LogP contribution in [-0.2, 0) is 4.79 Å². The van der Waals surface area contributed by atoms with Crippen molar-refractivity contribution < 1.29 is 9.59 Å². The Hall–Kier alpha value is -1.69. The van der Waals surface area contributed by atoms with Gasteiger partial charge in [-0.2, -0.15) is 0 Å². The predicted molar refractivity (Wildman–Crippen MR) is 66.7 cm³/mol. The van der Waals surface area contributed by atoms with Crippen molar-refractivity contribution in [3.8, 4) is 0 Å². The van der Waals surface area contributed by atoms with Crippen LogP contribution in [0.15, 0.2) is 29.2 Å². The number of thioether (sulfide) groups is 1. The highest BCUT2D eigenvalue weighted by Gasteiger charge is 2.25. The van der Waals surface area contributed by atoms with Crippen LogP contribution in [0.3, 0.4) is 0 Å². The van der Waals surface area contributed by atoms with E-state index >= 15 is 0 Å². The Bertz CT molecular complexity index is 450. The summed E-state index contributed by atoms with van der Waals surface area (Å²) in [6.07, 6.45) is 0. The molecule has 0 aromatic heterocycles. The van der Waals surface area contributed by atoms with Crippen LogP contribution in [-0.4, -0.2) is 35.7 Å². The molecular weight excluding hydrogens is 238 g/mol. The third-order valence-corrected chi connectivity index (χ3v) is 3.50. The van der Waals surface area contributed by atoms with Gasteiger partial charge in [0.2, 0.25) is 5.91 Å². The Morgan fingerprint density at radius 1 is 1.47 bits per heavy atom. The van der Waals surface area contributed by atoms with Gasteiger partial charge < -0.3 is 11.1 Å². The van der Waals surface area contributed by atoms with Gasteiger partial charge in [-0.25, -0.2) is 4.79 Å². The number of carbonyl (C=O) groups excluding carboxylic acids is 2. The second-order valence-electron chi connectivity index (χ2n) is 3.60. The molecule has 1 aliphatic heterocycles. The van der Waals surface area contributed by atoms with E-state index in [1.807, 2.05) is 18.2 Å². The maximum absolute atomic E-state index is 11.7. The summed E-state index contributed by atoms with van der Waals surface area (Å²) in [6, 6.07) is 7.05. The molecule has 3 amide bonds. The van der Waals surface area contributed by atoms with Crippen molar-refractivity contribution in [1.82, 2.24) is 10.2 Å². The lowest BCUT2D eigenvalue weighted by Crippen LogP contribution is -2.35. The number of urea groups is 1. The topological polar surface area (TPSA) is 75.4 Å². The van der Waals surface area contributed by atoms with Crippen molar-refractivity contribution in [2.45, 2.75) is 4.90 Å². The van der Waals surface area contributed by atoms with Crippen LogP contribution in [0.1, 0.15) is 0 Å². The molecule has 0 radical (unpaired) electrons. The Labute approximate surface area is 103 Å². The number of anilines is 1. The number of hydrogen-bond acceptors (Lipinski definition) is 4. The van der Waals surface area contributed by atoms with Gasteiger partial charge in [0.25, 0.3) is 0 Å². The molecule has 0 unspecified atom stereocenters.